The molecule has 4 rings (SSSR count). The molecular weight excluding hydrogens is 326 g/mol. The molecule has 0 spiro atoms. The fourth-order valence-corrected chi connectivity index (χ4v) is 2.56. The van der Waals surface area contributed by atoms with E-state index in [0.717, 1.165) is 0 Å². The van der Waals surface area contributed by atoms with Gasteiger partial charge in [0.25, 0.3) is 0 Å². The van der Waals surface area contributed by atoms with E-state index in [1.54, 1.807) is 24.3 Å². The summed E-state index contributed by atoms with van der Waals surface area (Å²) in [5, 5.41) is 19.7. The summed E-state index contributed by atoms with van der Waals surface area (Å²) in [7, 11) is 0. The maximum atomic E-state index is 12.6. The second-order valence-electron chi connectivity index (χ2n) is 5.36. The Kier molecular flexibility index (Phi) is 3.21. The number of hydrogen-bond acceptors (Lipinski definition) is 6. The lowest BCUT2D eigenvalue weighted by molar-refractivity contribution is 0.0382. The first-order valence-corrected chi connectivity index (χ1v) is 7.32. The number of rotatable bonds is 2. The van der Waals surface area contributed by atoms with E-state index in [-0.39, 0.29) is 16.4 Å². The Morgan fingerprint density at radius 2 is 1.60 bits per heavy atom. The van der Waals surface area contributed by atoms with Crippen LogP contribution in [0.1, 0.15) is 10.4 Å². The van der Waals surface area contributed by atoms with Crippen molar-refractivity contribution in [3.8, 4) is 11.8 Å². The number of nitrogens with zero attached hydrogens (tertiary/aromatic N) is 1. The van der Waals surface area contributed by atoms with Gasteiger partial charge in [0.15, 0.2) is 0 Å². The van der Waals surface area contributed by atoms with Gasteiger partial charge in [0.2, 0.25) is 17.2 Å². The smallest absolute Gasteiger partial charge is 0.363 e. The molecule has 0 aliphatic heterocycles. The summed E-state index contributed by atoms with van der Waals surface area (Å²) in [6.07, 6.45) is 0. The van der Waals surface area contributed by atoms with Crippen molar-refractivity contribution < 1.29 is 24.3 Å². The highest BCUT2D eigenvalue weighted by Crippen LogP contribution is 2.21. The van der Waals surface area contributed by atoms with E-state index in [4.69, 9.17) is 9.25 Å². The molecule has 7 nitrogen and oxygen atoms in total. The molecule has 4 aromatic rings. The molecule has 2 N–H and O–H groups in total. The highest BCUT2D eigenvalue weighted by Gasteiger charge is 2.16. The minimum atomic E-state index is -0.851. The molecule has 0 saturated carbocycles. The van der Waals surface area contributed by atoms with Crippen molar-refractivity contribution >= 4 is 27.9 Å². The minimum Gasteiger partial charge on any atom is -0.492 e. The quantitative estimate of drug-likeness (QED) is 0.545. The van der Waals surface area contributed by atoms with Crippen molar-refractivity contribution in [1.82, 2.24) is 4.73 Å². The molecule has 2 aromatic heterocycles. The average molecular weight is 337 g/mol. The fraction of sp³-hybridized carbons (Fsp3) is 0. The Bertz CT molecular complexity index is 1170. The number of fused-ring (bicyclic) bond motifs is 2. The summed E-state index contributed by atoms with van der Waals surface area (Å²) in [5.41, 5.74) is 0.602. The Hall–Kier alpha value is -3.74. The maximum Gasteiger partial charge on any atom is 0.363 e. The van der Waals surface area contributed by atoms with E-state index in [0.29, 0.717) is 21.3 Å². The molecule has 0 radical (unpaired) electrons. The van der Waals surface area contributed by atoms with Gasteiger partial charge in [-0.25, -0.2) is 4.79 Å². The normalized spacial score (nSPS) is 11.0. The molecule has 7 heteroatoms. The van der Waals surface area contributed by atoms with Crippen molar-refractivity contribution in [2.45, 2.75) is 0 Å². The molecule has 2 aromatic carbocycles. The SMILES string of the molecule is O=C(On1c(O)ccc1O)c1ccc2oc3ccccc3c(=O)c2c1. The van der Waals surface area contributed by atoms with Crippen LogP contribution in [0.5, 0.6) is 11.8 Å². The Balaban J connectivity index is 1.81. The summed E-state index contributed by atoms with van der Waals surface area (Å²) < 4.78 is 6.25. The number of para-hydroxylation sites is 1. The molecular formula is C18H11NO6. The largest absolute Gasteiger partial charge is 0.492 e. The summed E-state index contributed by atoms with van der Waals surface area (Å²) in [6.45, 7) is 0. The zero-order valence-corrected chi connectivity index (χ0v) is 12.7. The molecule has 2 heterocycles. The van der Waals surface area contributed by atoms with E-state index >= 15 is 0 Å². The predicted octanol–water partition coefficient (Wildman–Crippen LogP) is 2.43. The van der Waals surface area contributed by atoms with Crippen LogP contribution in [0.25, 0.3) is 21.9 Å². The van der Waals surface area contributed by atoms with Crippen LogP contribution in [-0.4, -0.2) is 20.9 Å². The van der Waals surface area contributed by atoms with Gasteiger partial charge >= 0.3 is 5.97 Å². The van der Waals surface area contributed by atoms with Crippen molar-refractivity contribution in [2.24, 2.45) is 0 Å². The van der Waals surface area contributed by atoms with E-state index < -0.39 is 17.7 Å². The molecule has 0 aliphatic carbocycles. The molecule has 0 bridgehead atoms. The lowest BCUT2D eigenvalue weighted by Gasteiger charge is -2.07. The summed E-state index contributed by atoms with van der Waals surface area (Å²) in [5.74, 6) is -1.72. The van der Waals surface area contributed by atoms with Gasteiger partial charge in [-0.2, -0.15) is 0 Å². The molecule has 0 unspecified atom stereocenters. The molecule has 0 saturated heterocycles. The molecule has 25 heavy (non-hydrogen) atoms. The third kappa shape index (κ3) is 2.38. The van der Waals surface area contributed by atoms with Gasteiger partial charge in [-0.15, -0.1) is 4.73 Å². The first-order chi connectivity index (χ1) is 12.0. The number of aromatic nitrogens is 1. The molecule has 0 amide bonds. The van der Waals surface area contributed by atoms with Crippen LogP contribution in [0.4, 0.5) is 0 Å². The summed E-state index contributed by atoms with van der Waals surface area (Å²) in [6, 6.07) is 13.4. The van der Waals surface area contributed by atoms with Gasteiger partial charge in [0.1, 0.15) is 11.2 Å². The Morgan fingerprint density at radius 1 is 0.920 bits per heavy atom. The van der Waals surface area contributed by atoms with Gasteiger partial charge in [0.05, 0.1) is 16.3 Å². The lowest BCUT2D eigenvalue weighted by Crippen LogP contribution is -2.19. The van der Waals surface area contributed by atoms with E-state index in [1.807, 2.05) is 0 Å². The fourth-order valence-electron chi connectivity index (χ4n) is 2.56. The monoisotopic (exact) mass is 337 g/mol. The number of benzene rings is 2. The predicted molar refractivity (Wildman–Crippen MR) is 88.7 cm³/mol. The van der Waals surface area contributed by atoms with Crippen LogP contribution in [0.2, 0.25) is 0 Å². The van der Waals surface area contributed by atoms with Crippen molar-refractivity contribution in [2.75, 3.05) is 0 Å². The van der Waals surface area contributed by atoms with Gasteiger partial charge in [0, 0.05) is 12.1 Å². The van der Waals surface area contributed by atoms with Crippen molar-refractivity contribution in [3.05, 3.63) is 70.4 Å². The van der Waals surface area contributed by atoms with Gasteiger partial charge in [-0.05, 0) is 30.3 Å². The van der Waals surface area contributed by atoms with Crippen molar-refractivity contribution in [3.63, 3.8) is 0 Å². The number of aromatic hydroxyl groups is 2. The lowest BCUT2D eigenvalue weighted by atomic mass is 10.1. The van der Waals surface area contributed by atoms with Crippen molar-refractivity contribution in [1.29, 1.82) is 0 Å². The Morgan fingerprint density at radius 3 is 2.36 bits per heavy atom. The van der Waals surface area contributed by atoms with Gasteiger partial charge in [-0.3, -0.25) is 4.79 Å². The van der Waals surface area contributed by atoms with Crippen LogP contribution < -0.4 is 10.3 Å². The first-order valence-electron chi connectivity index (χ1n) is 7.32. The van der Waals surface area contributed by atoms with Gasteiger partial charge in [-0.1, -0.05) is 12.1 Å². The molecule has 124 valence electrons. The number of hydrogen-bond donors (Lipinski definition) is 2. The second kappa shape index (κ2) is 5.41. The van der Waals surface area contributed by atoms with Crippen LogP contribution in [0, 0.1) is 0 Å². The first kappa shape index (κ1) is 14.8. The molecule has 0 fully saturated rings. The van der Waals surface area contributed by atoms with E-state index in [1.165, 1.54) is 30.3 Å². The third-order valence-electron chi connectivity index (χ3n) is 3.78. The molecule has 0 aliphatic rings. The Labute approximate surface area is 139 Å². The average Bonchev–Trinajstić information content (AvgIpc) is 2.93. The maximum absolute atomic E-state index is 12.6. The minimum absolute atomic E-state index is 0.0718. The van der Waals surface area contributed by atoms with Gasteiger partial charge < -0.3 is 19.5 Å². The van der Waals surface area contributed by atoms with Crippen LogP contribution in [0.15, 0.2) is 63.8 Å². The van der Waals surface area contributed by atoms with Crippen LogP contribution in [0.3, 0.4) is 0 Å². The third-order valence-corrected chi connectivity index (χ3v) is 3.78. The van der Waals surface area contributed by atoms with E-state index in [9.17, 15) is 19.8 Å². The summed E-state index contributed by atoms with van der Waals surface area (Å²) in [4.78, 5) is 29.8. The zero-order chi connectivity index (χ0) is 17.6. The van der Waals surface area contributed by atoms with Crippen LogP contribution in [-0.2, 0) is 0 Å². The topological polar surface area (TPSA) is 102 Å². The molecule has 0 atom stereocenters. The van der Waals surface area contributed by atoms with E-state index in [2.05, 4.69) is 0 Å². The van der Waals surface area contributed by atoms with Crippen LogP contribution >= 0.6 is 0 Å². The standard InChI is InChI=1S/C18H11NO6/c20-15-7-8-16(21)19(15)25-18(23)10-5-6-14-12(9-10)17(22)11-3-1-2-4-13(11)24-14/h1-9,20-21H. The zero-order valence-electron chi connectivity index (χ0n) is 12.7. The second-order valence-corrected chi connectivity index (χ2v) is 5.36. The summed E-state index contributed by atoms with van der Waals surface area (Å²) >= 11 is 0. The number of carbonyl (C=O) groups is 1. The highest BCUT2D eigenvalue weighted by atomic mass is 16.7. The highest BCUT2D eigenvalue weighted by molar-refractivity contribution is 5.96. The number of carbonyl (C=O) groups excluding carboxylic acids is 1.